The zero-order valence-electron chi connectivity index (χ0n) is 17.3. The van der Waals surface area contributed by atoms with Crippen molar-refractivity contribution in [3.05, 3.63) is 53.6 Å². The van der Waals surface area contributed by atoms with Gasteiger partial charge in [-0.1, -0.05) is 19.1 Å². The first-order valence-corrected chi connectivity index (χ1v) is 9.81. The minimum atomic E-state index is 0. The Bertz CT molecular complexity index is 850. The molecule has 156 valence electrons. The molecule has 0 fully saturated rings. The molecule has 2 aromatic rings. The summed E-state index contributed by atoms with van der Waals surface area (Å²) in [7, 11) is 3.16. The Hall–Kier alpha value is -2.34. The van der Waals surface area contributed by atoms with Gasteiger partial charge in [0.05, 0.1) is 20.8 Å². The van der Waals surface area contributed by atoms with Crippen molar-refractivity contribution in [3.63, 3.8) is 0 Å². The number of carbonyl (C=O) groups excluding carboxylic acids is 1. The topological polar surface area (TPSA) is 51.1 Å². The molecule has 1 heterocycles. The summed E-state index contributed by atoms with van der Waals surface area (Å²) in [5.74, 6) is 2.18. The minimum absolute atomic E-state index is 0. The van der Waals surface area contributed by atoms with E-state index < -0.39 is 0 Å². The Balaban J connectivity index is 0.00000300. The van der Waals surface area contributed by atoms with Gasteiger partial charge in [0.2, 0.25) is 0 Å². The van der Waals surface area contributed by atoms with Gasteiger partial charge in [-0.2, -0.15) is 0 Å². The summed E-state index contributed by atoms with van der Waals surface area (Å²) < 4.78 is 10.6. The lowest BCUT2D eigenvalue weighted by molar-refractivity contribution is 0.100. The van der Waals surface area contributed by atoms with E-state index in [-0.39, 0.29) is 29.3 Å². The predicted molar refractivity (Wildman–Crippen MR) is 124 cm³/mol. The number of aliphatic imine (C=N–C) groups is 1. The van der Waals surface area contributed by atoms with Gasteiger partial charge >= 0.3 is 0 Å². The van der Waals surface area contributed by atoms with Crippen molar-refractivity contribution in [2.45, 2.75) is 32.6 Å². The van der Waals surface area contributed by atoms with Crippen LogP contribution in [0.25, 0.3) is 0 Å². The van der Waals surface area contributed by atoms with Crippen LogP contribution in [0.4, 0.5) is 5.69 Å². The van der Waals surface area contributed by atoms with Crippen molar-refractivity contribution in [2.24, 2.45) is 4.99 Å². The zero-order chi connectivity index (χ0) is 19.9. The summed E-state index contributed by atoms with van der Waals surface area (Å²) in [5, 5.41) is 0. The molecule has 6 heteroatoms. The number of carbonyl (C=O) groups is 1. The molecule has 0 amide bonds. The molecule has 0 atom stereocenters. The fraction of sp³-hybridized carbons (Fsp3) is 0.391. The van der Waals surface area contributed by atoms with Gasteiger partial charge in [0.1, 0.15) is 5.84 Å². The number of ketones is 1. The van der Waals surface area contributed by atoms with Crippen molar-refractivity contribution in [2.75, 3.05) is 32.2 Å². The Morgan fingerprint density at radius 2 is 1.76 bits per heavy atom. The highest BCUT2D eigenvalue weighted by Gasteiger charge is 2.21. The van der Waals surface area contributed by atoms with Crippen LogP contribution >= 0.6 is 17.0 Å². The van der Waals surface area contributed by atoms with E-state index in [9.17, 15) is 4.79 Å². The minimum Gasteiger partial charge on any atom is -0.493 e. The number of rotatable bonds is 7. The third-order valence-corrected chi connectivity index (χ3v) is 5.08. The highest BCUT2D eigenvalue weighted by atomic mass is 79.9. The summed E-state index contributed by atoms with van der Waals surface area (Å²) >= 11 is 0. The van der Waals surface area contributed by atoms with Gasteiger partial charge in [-0.3, -0.25) is 9.79 Å². The highest BCUT2D eigenvalue weighted by molar-refractivity contribution is 8.93. The molecule has 0 unspecified atom stereocenters. The molecule has 0 bridgehead atoms. The lowest BCUT2D eigenvalue weighted by atomic mass is 10.1. The van der Waals surface area contributed by atoms with E-state index >= 15 is 0 Å². The number of anilines is 1. The molecule has 1 aliphatic rings. The lowest BCUT2D eigenvalue weighted by Crippen LogP contribution is -2.37. The van der Waals surface area contributed by atoms with Gasteiger partial charge in [0.15, 0.2) is 17.3 Å². The second kappa shape index (κ2) is 11.0. The van der Waals surface area contributed by atoms with Crippen LogP contribution in [0.3, 0.4) is 0 Å². The van der Waals surface area contributed by atoms with Crippen molar-refractivity contribution in [1.82, 2.24) is 0 Å². The molecule has 29 heavy (non-hydrogen) atoms. The molecule has 2 aromatic carbocycles. The monoisotopic (exact) mass is 460 g/mol. The van der Waals surface area contributed by atoms with Gasteiger partial charge in [0, 0.05) is 24.2 Å². The van der Waals surface area contributed by atoms with Gasteiger partial charge in [-0.05, 0) is 55.2 Å². The molecule has 0 N–H and O–H groups in total. The van der Waals surface area contributed by atoms with E-state index in [1.54, 1.807) is 32.4 Å². The van der Waals surface area contributed by atoms with E-state index in [1.807, 2.05) is 0 Å². The standard InChI is InChI=1S/C23H28N2O3.BrH/c1-4-17-8-11-19(12-9-17)25(23-7-5-6-14-24-23)16-20(26)18-10-13-21(27-2)22(15-18)28-3;/h8-13,15H,4-7,14,16H2,1-3H3;1H. The van der Waals surface area contributed by atoms with Crippen LogP contribution in [-0.2, 0) is 6.42 Å². The van der Waals surface area contributed by atoms with E-state index in [2.05, 4.69) is 36.1 Å². The summed E-state index contributed by atoms with van der Waals surface area (Å²) in [6.07, 6.45) is 4.10. The molecule has 0 spiro atoms. The Morgan fingerprint density at radius 1 is 1.03 bits per heavy atom. The lowest BCUT2D eigenvalue weighted by Gasteiger charge is -2.28. The number of halogens is 1. The van der Waals surface area contributed by atoms with E-state index in [4.69, 9.17) is 14.5 Å². The summed E-state index contributed by atoms with van der Waals surface area (Å²) in [6, 6.07) is 13.7. The Labute approximate surface area is 183 Å². The number of Topliss-reactive ketones (excluding diaryl/α,β-unsaturated/α-hetero) is 1. The first-order chi connectivity index (χ1) is 13.7. The SMILES string of the molecule is Br.CCc1ccc(N(CC(=O)c2ccc(OC)c(OC)c2)C2=NCCCC2)cc1. The number of methoxy groups -OCH3 is 2. The van der Waals surface area contributed by atoms with Crippen LogP contribution in [0.2, 0.25) is 0 Å². The molecule has 0 aromatic heterocycles. The van der Waals surface area contributed by atoms with E-state index in [0.717, 1.165) is 43.8 Å². The summed E-state index contributed by atoms with van der Waals surface area (Å²) in [4.78, 5) is 19.8. The van der Waals surface area contributed by atoms with Gasteiger partial charge in [-0.25, -0.2) is 0 Å². The van der Waals surface area contributed by atoms with Gasteiger partial charge in [-0.15, -0.1) is 17.0 Å². The summed E-state index contributed by atoms with van der Waals surface area (Å²) in [5.41, 5.74) is 2.89. The second-order valence-electron chi connectivity index (χ2n) is 6.85. The van der Waals surface area contributed by atoms with Crippen molar-refractivity contribution in [3.8, 4) is 11.5 Å². The number of hydrogen-bond acceptors (Lipinski definition) is 5. The molecule has 5 nitrogen and oxygen atoms in total. The fourth-order valence-corrected chi connectivity index (χ4v) is 3.39. The number of amidine groups is 1. The molecular formula is C23H29BrN2O3. The molecule has 0 saturated carbocycles. The largest absolute Gasteiger partial charge is 0.493 e. The van der Waals surface area contributed by atoms with Gasteiger partial charge in [0.25, 0.3) is 0 Å². The molecule has 0 saturated heterocycles. The molecule has 1 aliphatic heterocycles. The molecule has 0 aliphatic carbocycles. The molecule has 3 rings (SSSR count). The maximum atomic E-state index is 13.1. The number of aryl methyl sites for hydroxylation is 1. The number of hydrogen-bond donors (Lipinski definition) is 0. The van der Waals surface area contributed by atoms with Crippen molar-refractivity contribution in [1.29, 1.82) is 0 Å². The van der Waals surface area contributed by atoms with Crippen LogP contribution in [0.1, 0.15) is 42.1 Å². The Morgan fingerprint density at radius 3 is 2.34 bits per heavy atom. The van der Waals surface area contributed by atoms with Crippen LogP contribution < -0.4 is 14.4 Å². The third-order valence-electron chi connectivity index (χ3n) is 5.08. The Kier molecular flexibility index (Phi) is 8.70. The highest BCUT2D eigenvalue weighted by Crippen LogP contribution is 2.28. The summed E-state index contributed by atoms with van der Waals surface area (Å²) in [6.45, 7) is 3.21. The van der Waals surface area contributed by atoms with Crippen molar-refractivity contribution >= 4 is 34.3 Å². The van der Waals surface area contributed by atoms with Crippen LogP contribution in [0.15, 0.2) is 47.5 Å². The first kappa shape index (κ1) is 22.9. The van der Waals surface area contributed by atoms with Crippen molar-refractivity contribution < 1.29 is 14.3 Å². The number of nitrogens with zero attached hydrogens (tertiary/aromatic N) is 2. The molecule has 0 radical (unpaired) electrons. The predicted octanol–water partition coefficient (Wildman–Crippen LogP) is 5.12. The van der Waals surface area contributed by atoms with Crippen LogP contribution in [-0.4, -0.2) is 38.9 Å². The zero-order valence-corrected chi connectivity index (χ0v) is 19.0. The third kappa shape index (κ3) is 5.60. The second-order valence-corrected chi connectivity index (χ2v) is 6.85. The fourth-order valence-electron chi connectivity index (χ4n) is 3.39. The van der Waals surface area contributed by atoms with Crippen LogP contribution in [0, 0.1) is 0 Å². The van der Waals surface area contributed by atoms with Crippen LogP contribution in [0.5, 0.6) is 11.5 Å². The average molecular weight is 461 g/mol. The average Bonchev–Trinajstić information content (AvgIpc) is 2.77. The maximum Gasteiger partial charge on any atom is 0.182 e. The number of ether oxygens (including phenoxy) is 2. The number of benzene rings is 2. The molecular weight excluding hydrogens is 432 g/mol. The maximum absolute atomic E-state index is 13.1. The van der Waals surface area contributed by atoms with E-state index in [0.29, 0.717) is 17.1 Å². The smallest absolute Gasteiger partial charge is 0.182 e. The quantitative estimate of drug-likeness (QED) is 0.538. The van der Waals surface area contributed by atoms with Gasteiger partial charge < -0.3 is 14.4 Å². The first-order valence-electron chi connectivity index (χ1n) is 9.81. The van der Waals surface area contributed by atoms with E-state index in [1.165, 1.54) is 5.56 Å². The normalized spacial score (nSPS) is 13.1.